The lowest BCUT2D eigenvalue weighted by molar-refractivity contribution is 0.0962. The molecular formula is C20H48ClN11O2. The maximum atomic E-state index is 12.4. The second kappa shape index (κ2) is 15.8. The number of carbonyl (C=O) groups is 1. The van der Waals surface area contributed by atoms with Gasteiger partial charge < -0.3 is 39.5 Å². The number of aromatic nitrogens is 3. The highest BCUT2D eigenvalue weighted by Crippen LogP contribution is 2.22. The first-order valence-electron chi connectivity index (χ1n) is 10.3. The van der Waals surface area contributed by atoms with Gasteiger partial charge in [0, 0.05) is 37.4 Å². The molecule has 0 unspecified atom stereocenters. The van der Waals surface area contributed by atoms with E-state index in [1.54, 1.807) is 12.1 Å². The summed E-state index contributed by atoms with van der Waals surface area (Å²) in [6.07, 6.45) is 6.98. The molecule has 14 heteroatoms. The molecule has 4 rings (SSSR count). The third-order valence-electron chi connectivity index (χ3n) is 5.31. The fraction of sp³-hybridized carbons (Fsp3) is 0.500. The van der Waals surface area contributed by atoms with Crippen molar-refractivity contribution < 1.29 is 15.6 Å². The highest BCUT2D eigenvalue weighted by atomic mass is 35.5. The molecule has 1 aromatic heterocycles. The first kappa shape index (κ1) is 33.2. The highest BCUT2D eigenvalue weighted by Gasteiger charge is 2.20. The van der Waals surface area contributed by atoms with Crippen molar-refractivity contribution in [2.75, 3.05) is 41.4 Å². The summed E-state index contributed by atoms with van der Waals surface area (Å²) in [4.78, 5) is 30.5. The van der Waals surface area contributed by atoms with Gasteiger partial charge in [0.2, 0.25) is 17.8 Å². The average molecular weight is 510 g/mol. The van der Waals surface area contributed by atoms with Gasteiger partial charge in [-0.1, -0.05) is 0 Å². The Labute approximate surface area is 212 Å². The SMILES string of the molecule is Cl.N.N.N.N.O=C(NNc1nc(N2CCCCC2)nc(N2CCCCC2)n1)c1ccc(O)cc1.[HH].[HH].[HH].[HH]. The molecule has 34 heavy (non-hydrogen) atoms. The minimum absolute atomic E-state index is 0. The number of nitrogens with zero attached hydrogens (tertiary/aromatic N) is 5. The van der Waals surface area contributed by atoms with Gasteiger partial charge >= 0.3 is 0 Å². The first-order valence-corrected chi connectivity index (χ1v) is 10.3. The van der Waals surface area contributed by atoms with Crippen LogP contribution in [0.1, 0.15) is 54.6 Å². The molecule has 2 aromatic rings. The second-order valence-corrected chi connectivity index (χ2v) is 7.48. The Morgan fingerprint density at radius 3 is 1.65 bits per heavy atom. The van der Waals surface area contributed by atoms with Crippen LogP contribution in [-0.2, 0) is 0 Å². The van der Waals surface area contributed by atoms with Crippen LogP contribution in [0.4, 0.5) is 17.8 Å². The van der Waals surface area contributed by atoms with Crippen LogP contribution in [0.5, 0.6) is 5.75 Å². The summed E-state index contributed by atoms with van der Waals surface area (Å²) in [6.45, 7) is 3.73. The Bertz CT molecular complexity index is 827. The summed E-state index contributed by atoms with van der Waals surface area (Å²) in [6, 6.07) is 6.05. The fourth-order valence-corrected chi connectivity index (χ4v) is 3.68. The van der Waals surface area contributed by atoms with Gasteiger partial charge in [-0.05, 0) is 62.8 Å². The van der Waals surface area contributed by atoms with Crippen molar-refractivity contribution in [3.63, 3.8) is 0 Å². The topological polar surface area (TPSA) is 247 Å². The van der Waals surface area contributed by atoms with E-state index in [2.05, 4.69) is 30.6 Å². The third kappa shape index (κ3) is 8.43. The molecule has 2 aliphatic heterocycles. The predicted molar refractivity (Wildman–Crippen MR) is 147 cm³/mol. The van der Waals surface area contributed by atoms with Crippen LogP contribution in [0.25, 0.3) is 0 Å². The zero-order valence-corrected chi connectivity index (χ0v) is 20.5. The smallest absolute Gasteiger partial charge is 0.269 e. The minimum Gasteiger partial charge on any atom is -0.508 e. The number of carbonyl (C=O) groups excluding carboxylic acids is 1. The van der Waals surface area contributed by atoms with Crippen LogP contribution in [0.2, 0.25) is 0 Å². The maximum Gasteiger partial charge on any atom is 0.269 e. The zero-order chi connectivity index (χ0) is 20.1. The Balaban J connectivity index is -0.000000284. The van der Waals surface area contributed by atoms with Gasteiger partial charge in [-0.25, -0.2) is 0 Å². The van der Waals surface area contributed by atoms with Crippen molar-refractivity contribution in [2.24, 2.45) is 0 Å². The van der Waals surface area contributed by atoms with E-state index in [1.165, 1.54) is 25.0 Å². The summed E-state index contributed by atoms with van der Waals surface area (Å²) in [5.41, 5.74) is 5.90. The Morgan fingerprint density at radius 2 is 1.21 bits per heavy atom. The lowest BCUT2D eigenvalue weighted by atomic mass is 10.1. The lowest BCUT2D eigenvalue weighted by Crippen LogP contribution is -2.36. The third-order valence-corrected chi connectivity index (χ3v) is 5.31. The molecule has 2 fully saturated rings. The number of hydrazine groups is 1. The Kier molecular flexibility index (Phi) is 15.4. The largest absolute Gasteiger partial charge is 0.508 e. The second-order valence-electron chi connectivity index (χ2n) is 7.48. The van der Waals surface area contributed by atoms with Crippen molar-refractivity contribution in [1.29, 1.82) is 0 Å². The fourth-order valence-electron chi connectivity index (χ4n) is 3.68. The molecule has 0 bridgehead atoms. The van der Waals surface area contributed by atoms with Gasteiger partial charge in [0.15, 0.2) is 0 Å². The first-order chi connectivity index (χ1) is 14.2. The van der Waals surface area contributed by atoms with Gasteiger partial charge in [-0.3, -0.25) is 15.6 Å². The number of benzene rings is 1. The number of halogens is 1. The van der Waals surface area contributed by atoms with Gasteiger partial charge in [0.25, 0.3) is 5.91 Å². The number of rotatable bonds is 5. The monoisotopic (exact) mass is 509 g/mol. The molecule has 0 spiro atoms. The van der Waals surface area contributed by atoms with E-state index < -0.39 is 0 Å². The van der Waals surface area contributed by atoms with Crippen LogP contribution in [0.15, 0.2) is 24.3 Å². The number of anilines is 3. The van der Waals surface area contributed by atoms with Gasteiger partial charge in [0.1, 0.15) is 5.75 Å². The van der Waals surface area contributed by atoms with Crippen LogP contribution < -0.4 is 45.3 Å². The molecule has 0 radical (unpaired) electrons. The molecule has 0 aliphatic carbocycles. The number of hydrogen-bond donors (Lipinski definition) is 7. The number of phenolic OH excluding ortho intramolecular Hbond substituents is 1. The van der Waals surface area contributed by atoms with E-state index >= 15 is 0 Å². The molecule has 0 saturated carbocycles. The summed E-state index contributed by atoms with van der Waals surface area (Å²) in [5.74, 6) is 1.42. The van der Waals surface area contributed by atoms with E-state index in [9.17, 15) is 9.90 Å². The van der Waals surface area contributed by atoms with Gasteiger partial charge in [-0.2, -0.15) is 15.0 Å². The van der Waals surface area contributed by atoms with Crippen LogP contribution in [-0.4, -0.2) is 52.1 Å². The average Bonchev–Trinajstić information content (AvgIpc) is 2.79. The summed E-state index contributed by atoms with van der Waals surface area (Å²) >= 11 is 0. The summed E-state index contributed by atoms with van der Waals surface area (Å²) in [5, 5.41) is 9.37. The lowest BCUT2D eigenvalue weighted by Gasteiger charge is -2.30. The van der Waals surface area contributed by atoms with Crippen molar-refractivity contribution in [2.45, 2.75) is 38.5 Å². The number of nitrogens with one attached hydrogen (secondary N) is 2. The quantitative estimate of drug-likeness (QED) is 0.277. The van der Waals surface area contributed by atoms with Crippen molar-refractivity contribution in [3.8, 4) is 5.75 Å². The number of hydrogen-bond acceptors (Lipinski definition) is 12. The standard InChI is InChI=1S/C20H27N7O2.ClH.4H3N.4H2/c28-16-9-7-15(8-10-16)17(29)24-25-18-21-19(26-11-3-1-4-12-26)23-20(22-18)27-13-5-2-6-14-27;;;;;;;;;/h7-10,28H,1-6,11-14H2,(H,24,29)(H,21,22,23,25);1H;4*1H3;4*1H. The van der Waals surface area contributed by atoms with E-state index in [0.717, 1.165) is 51.9 Å². The van der Waals surface area contributed by atoms with Crippen molar-refractivity contribution in [1.82, 2.24) is 45.0 Å². The van der Waals surface area contributed by atoms with Crippen molar-refractivity contribution >= 4 is 36.2 Å². The number of piperidine rings is 2. The number of phenols is 1. The normalized spacial score (nSPS) is 14.6. The molecule has 2 saturated heterocycles. The number of aromatic hydroxyl groups is 1. The molecule has 2 aliphatic rings. The summed E-state index contributed by atoms with van der Waals surface area (Å²) < 4.78 is 0. The van der Waals surface area contributed by atoms with Crippen LogP contribution >= 0.6 is 12.4 Å². The van der Waals surface area contributed by atoms with E-state index in [0.29, 0.717) is 23.4 Å². The van der Waals surface area contributed by atoms with Crippen LogP contribution in [0.3, 0.4) is 0 Å². The van der Waals surface area contributed by atoms with Crippen LogP contribution in [0, 0.1) is 0 Å². The maximum absolute atomic E-state index is 12.4. The van der Waals surface area contributed by atoms with Crippen molar-refractivity contribution in [3.05, 3.63) is 29.8 Å². The van der Waals surface area contributed by atoms with E-state index in [1.807, 2.05) is 0 Å². The number of amides is 1. The molecule has 1 amide bonds. The minimum atomic E-state index is -0.329. The molecule has 1 aromatic carbocycles. The van der Waals surface area contributed by atoms with Gasteiger partial charge in [0.05, 0.1) is 0 Å². The molecular weight excluding hydrogens is 462 g/mol. The highest BCUT2D eigenvalue weighted by molar-refractivity contribution is 5.94. The zero-order valence-electron chi connectivity index (χ0n) is 19.7. The summed E-state index contributed by atoms with van der Waals surface area (Å²) in [7, 11) is 0. The van der Waals surface area contributed by atoms with Gasteiger partial charge in [-0.15, -0.1) is 12.4 Å². The Hall–Kier alpha value is -2.97. The molecule has 13 nitrogen and oxygen atoms in total. The van der Waals surface area contributed by atoms with E-state index in [4.69, 9.17) is 4.98 Å². The van der Waals surface area contributed by atoms with E-state index in [-0.39, 0.29) is 54.4 Å². The molecule has 3 heterocycles. The molecule has 15 N–H and O–H groups in total. The molecule has 0 atom stereocenters. The molecule has 202 valence electrons. The Morgan fingerprint density at radius 1 is 0.765 bits per heavy atom. The predicted octanol–water partition coefficient (Wildman–Crippen LogP) is 4.37.